The zero-order valence-electron chi connectivity index (χ0n) is 20.9. The summed E-state index contributed by atoms with van der Waals surface area (Å²) >= 11 is 0. The largest absolute Gasteiger partial charge is 0.493 e. The highest BCUT2D eigenvalue weighted by atomic mass is 19.4. The van der Waals surface area contributed by atoms with Gasteiger partial charge in [0, 0.05) is 65.3 Å². The quantitative estimate of drug-likeness (QED) is 0.532. The van der Waals surface area contributed by atoms with E-state index in [2.05, 4.69) is 5.32 Å². The lowest BCUT2D eigenvalue weighted by molar-refractivity contribution is -0.203. The van der Waals surface area contributed by atoms with Crippen LogP contribution in [0.3, 0.4) is 0 Å². The summed E-state index contributed by atoms with van der Waals surface area (Å²) in [6.45, 7) is 6.17. The van der Waals surface area contributed by atoms with Crippen LogP contribution in [0.1, 0.15) is 13.8 Å². The SMILES string of the molecule is CC(C)=CCN1c2c(n(C)c(=O)n(CCn3cccc3)c2=O)N(OC(=O)C(F)(F)F)C1N1CCNCC1. The van der Waals surface area contributed by atoms with Crippen molar-refractivity contribution in [3.63, 3.8) is 0 Å². The molecule has 14 heteroatoms. The number of nitrogens with one attached hydrogen (secondary N) is 1. The van der Waals surface area contributed by atoms with E-state index < -0.39 is 29.7 Å². The van der Waals surface area contributed by atoms with Crippen molar-refractivity contribution < 1.29 is 22.8 Å². The Hall–Kier alpha value is -3.52. The standard InChI is InChI=1S/C23H30F3N7O4/c1-16(2)6-11-31-17-18(28(3)22(36)32(19(17)34)15-14-29-9-4-5-10-29)33(37-20(35)23(24,25)26)21(31)30-12-7-27-8-13-30/h4-6,9-10,21,27H,7-8,11-15H2,1-3H3. The van der Waals surface area contributed by atoms with Crippen LogP contribution in [0.2, 0.25) is 0 Å². The number of alkyl halides is 3. The molecule has 1 N–H and O–H groups in total. The Morgan fingerprint density at radius 1 is 1.14 bits per heavy atom. The monoisotopic (exact) mass is 525 g/mol. The van der Waals surface area contributed by atoms with Gasteiger partial charge in [-0.25, -0.2) is 9.59 Å². The maximum absolute atomic E-state index is 13.8. The minimum atomic E-state index is -5.27. The lowest BCUT2D eigenvalue weighted by atomic mass is 10.3. The predicted octanol–water partition coefficient (Wildman–Crippen LogP) is 0.851. The van der Waals surface area contributed by atoms with Gasteiger partial charge in [0.15, 0.2) is 17.8 Å². The Labute approximate surface area is 210 Å². The normalized spacial score (nSPS) is 18.2. The Morgan fingerprint density at radius 3 is 2.38 bits per heavy atom. The zero-order chi connectivity index (χ0) is 26.9. The molecule has 2 aliphatic rings. The molecule has 0 aliphatic carbocycles. The molecule has 2 aromatic rings. The summed E-state index contributed by atoms with van der Waals surface area (Å²) in [4.78, 5) is 47.3. The molecular weight excluding hydrogens is 495 g/mol. The molecule has 0 spiro atoms. The average molecular weight is 526 g/mol. The van der Waals surface area contributed by atoms with E-state index in [9.17, 15) is 27.6 Å². The summed E-state index contributed by atoms with van der Waals surface area (Å²) in [6, 6.07) is 3.63. The van der Waals surface area contributed by atoms with Gasteiger partial charge in [-0.2, -0.15) is 13.2 Å². The van der Waals surface area contributed by atoms with Crippen LogP contribution in [-0.4, -0.2) is 69.8 Å². The number of carbonyl (C=O) groups is 1. The van der Waals surface area contributed by atoms with Crippen LogP contribution >= 0.6 is 0 Å². The van der Waals surface area contributed by atoms with Gasteiger partial charge in [-0.1, -0.05) is 11.6 Å². The number of rotatable bonds is 7. The number of hydrogen-bond acceptors (Lipinski definition) is 8. The fourth-order valence-electron chi connectivity index (χ4n) is 4.48. The van der Waals surface area contributed by atoms with E-state index in [0.29, 0.717) is 32.7 Å². The van der Waals surface area contributed by atoms with Gasteiger partial charge in [0.2, 0.25) is 0 Å². The Kier molecular flexibility index (Phi) is 7.50. The van der Waals surface area contributed by atoms with Crippen LogP contribution in [0.4, 0.5) is 24.7 Å². The van der Waals surface area contributed by atoms with Gasteiger partial charge in [-0.15, -0.1) is 5.06 Å². The molecule has 0 aromatic carbocycles. The van der Waals surface area contributed by atoms with Crippen molar-refractivity contribution in [3.8, 4) is 0 Å². The minimum Gasteiger partial charge on any atom is -0.352 e. The van der Waals surface area contributed by atoms with Crippen molar-refractivity contribution >= 4 is 17.5 Å². The molecule has 2 aromatic heterocycles. The van der Waals surface area contributed by atoms with E-state index in [1.165, 1.54) is 7.05 Å². The van der Waals surface area contributed by atoms with E-state index in [0.717, 1.165) is 19.8 Å². The first-order valence-corrected chi connectivity index (χ1v) is 11.9. The van der Waals surface area contributed by atoms with Crippen molar-refractivity contribution in [2.24, 2.45) is 7.05 Å². The maximum atomic E-state index is 13.8. The molecule has 1 unspecified atom stereocenters. The Morgan fingerprint density at radius 2 is 1.78 bits per heavy atom. The number of carbonyl (C=O) groups excluding carboxylic acids is 1. The van der Waals surface area contributed by atoms with Crippen molar-refractivity contribution in [3.05, 3.63) is 57.0 Å². The van der Waals surface area contributed by atoms with Gasteiger partial charge in [0.1, 0.15) is 0 Å². The first-order valence-electron chi connectivity index (χ1n) is 11.9. The molecule has 2 aliphatic heterocycles. The number of fused-ring (bicyclic) bond motifs is 1. The van der Waals surface area contributed by atoms with Gasteiger partial charge in [-0.3, -0.25) is 18.8 Å². The number of piperazine rings is 1. The molecule has 0 saturated carbocycles. The van der Waals surface area contributed by atoms with E-state index >= 15 is 0 Å². The molecule has 1 saturated heterocycles. The number of hydrogen-bond donors (Lipinski definition) is 1. The number of anilines is 2. The van der Waals surface area contributed by atoms with Gasteiger partial charge in [-0.05, 0) is 26.0 Å². The lowest BCUT2D eigenvalue weighted by Gasteiger charge is -2.40. The van der Waals surface area contributed by atoms with Crippen LogP contribution in [0.5, 0.6) is 0 Å². The number of hydroxylamine groups is 1. The highest BCUT2D eigenvalue weighted by Gasteiger charge is 2.50. The smallest absolute Gasteiger partial charge is 0.352 e. The second kappa shape index (κ2) is 10.5. The number of aryl methyl sites for hydroxylation is 1. The average Bonchev–Trinajstić information content (AvgIpc) is 3.47. The summed E-state index contributed by atoms with van der Waals surface area (Å²) in [5, 5.41) is 3.93. The molecule has 11 nitrogen and oxygen atoms in total. The number of nitrogens with zero attached hydrogens (tertiary/aromatic N) is 6. The molecular formula is C23H30F3N7O4. The topological polar surface area (TPSA) is 97.0 Å². The van der Waals surface area contributed by atoms with Crippen LogP contribution in [0.25, 0.3) is 0 Å². The molecule has 1 atom stereocenters. The van der Waals surface area contributed by atoms with E-state index in [1.54, 1.807) is 21.9 Å². The van der Waals surface area contributed by atoms with Crippen LogP contribution in [0.15, 0.2) is 45.8 Å². The third-order valence-electron chi connectivity index (χ3n) is 6.31. The van der Waals surface area contributed by atoms with Crippen molar-refractivity contribution in [1.29, 1.82) is 0 Å². The number of aromatic nitrogens is 3. The number of allylic oxidation sites excluding steroid dienone is 1. The van der Waals surface area contributed by atoms with E-state index in [4.69, 9.17) is 4.84 Å². The van der Waals surface area contributed by atoms with Crippen LogP contribution in [0, 0.1) is 0 Å². The fraction of sp³-hybridized carbons (Fsp3) is 0.522. The van der Waals surface area contributed by atoms with Crippen molar-refractivity contribution in [1.82, 2.24) is 23.9 Å². The molecule has 1 fully saturated rings. The van der Waals surface area contributed by atoms with Gasteiger partial charge in [0.25, 0.3) is 5.56 Å². The maximum Gasteiger partial charge on any atom is 0.493 e. The van der Waals surface area contributed by atoms with Crippen LogP contribution < -0.4 is 26.5 Å². The van der Waals surface area contributed by atoms with E-state index in [-0.39, 0.29) is 24.6 Å². The summed E-state index contributed by atoms with van der Waals surface area (Å²) in [5.74, 6) is -2.64. The summed E-state index contributed by atoms with van der Waals surface area (Å²) < 4.78 is 43.7. The zero-order valence-corrected chi connectivity index (χ0v) is 20.9. The van der Waals surface area contributed by atoms with Gasteiger partial charge < -0.3 is 19.6 Å². The van der Waals surface area contributed by atoms with Crippen molar-refractivity contribution in [2.45, 2.75) is 39.4 Å². The highest BCUT2D eigenvalue weighted by molar-refractivity contribution is 5.80. The molecule has 0 bridgehead atoms. The molecule has 37 heavy (non-hydrogen) atoms. The molecule has 4 rings (SSSR count). The van der Waals surface area contributed by atoms with Crippen LogP contribution in [-0.2, 0) is 29.8 Å². The second-order valence-corrected chi connectivity index (χ2v) is 9.16. The van der Waals surface area contributed by atoms with Gasteiger partial charge in [0.05, 0.1) is 0 Å². The summed E-state index contributed by atoms with van der Waals surface area (Å²) in [5.41, 5.74) is -0.486. The first kappa shape index (κ1) is 26.5. The van der Waals surface area contributed by atoms with Gasteiger partial charge >= 0.3 is 17.8 Å². The first-order chi connectivity index (χ1) is 17.5. The Bertz CT molecular complexity index is 1270. The molecule has 4 heterocycles. The lowest BCUT2D eigenvalue weighted by Crippen LogP contribution is -2.61. The summed E-state index contributed by atoms with van der Waals surface area (Å²) in [6.07, 6.45) is -0.919. The highest BCUT2D eigenvalue weighted by Crippen LogP contribution is 2.38. The molecule has 0 amide bonds. The van der Waals surface area contributed by atoms with E-state index in [1.807, 2.05) is 37.0 Å². The molecule has 202 valence electrons. The fourth-order valence-corrected chi connectivity index (χ4v) is 4.48. The summed E-state index contributed by atoms with van der Waals surface area (Å²) in [7, 11) is 1.35. The third kappa shape index (κ3) is 5.30. The predicted molar refractivity (Wildman–Crippen MR) is 130 cm³/mol. The number of halogens is 3. The molecule has 0 radical (unpaired) electrons. The van der Waals surface area contributed by atoms with Crippen molar-refractivity contribution in [2.75, 3.05) is 42.7 Å². The third-order valence-corrected chi connectivity index (χ3v) is 6.31. The minimum absolute atomic E-state index is 0.00869. The Balaban J connectivity index is 1.87. The second-order valence-electron chi connectivity index (χ2n) is 9.16.